The molecule has 0 aliphatic carbocycles. The summed E-state index contributed by atoms with van der Waals surface area (Å²) in [4.78, 5) is 2.56. The highest BCUT2D eigenvalue weighted by molar-refractivity contribution is 7.89. The monoisotopic (exact) mass is 297 g/mol. The number of hydrogen-bond acceptors (Lipinski definition) is 4. The van der Waals surface area contributed by atoms with Crippen LogP contribution in [0.3, 0.4) is 0 Å². The first kappa shape index (κ1) is 15.4. The van der Waals surface area contributed by atoms with Gasteiger partial charge in [0.1, 0.15) is 0 Å². The van der Waals surface area contributed by atoms with Crippen LogP contribution in [-0.4, -0.2) is 39.5 Å². The maximum absolute atomic E-state index is 11.2. The fraction of sp³-hybridized carbons (Fsp3) is 0.571. The van der Waals surface area contributed by atoms with E-state index < -0.39 is 10.0 Å². The average Bonchev–Trinajstić information content (AvgIpc) is 2.40. The maximum atomic E-state index is 11.2. The Hall–Kier alpha value is -0.950. The van der Waals surface area contributed by atoms with Crippen LogP contribution < -0.4 is 10.5 Å². The van der Waals surface area contributed by atoms with Crippen LogP contribution in [0.2, 0.25) is 0 Å². The molecule has 6 heteroatoms. The number of hydrogen-bond donors (Lipinski definition) is 2. The molecule has 0 bridgehead atoms. The third-order valence-corrected chi connectivity index (χ3v) is 4.81. The zero-order chi connectivity index (χ0) is 14.6. The summed E-state index contributed by atoms with van der Waals surface area (Å²) < 4.78 is 22.3. The van der Waals surface area contributed by atoms with Gasteiger partial charge < -0.3 is 10.2 Å². The standard InChI is InChI=1S/C14H23N3O2S/c1-17-9-3-2-4-13(17)11-16-10-12-5-7-14(8-6-12)20(15,18)19/h5-8,13,16H,2-4,9-11H2,1H3,(H2,15,18,19). The molecule has 1 unspecified atom stereocenters. The van der Waals surface area contributed by atoms with Crippen molar-refractivity contribution in [2.45, 2.75) is 36.7 Å². The number of piperidine rings is 1. The molecule has 1 saturated heterocycles. The Morgan fingerprint density at radius 3 is 2.60 bits per heavy atom. The summed E-state index contributed by atoms with van der Waals surface area (Å²) in [5.41, 5.74) is 1.07. The third kappa shape index (κ3) is 4.28. The number of likely N-dealkylation sites (tertiary alicyclic amines) is 1. The Morgan fingerprint density at radius 2 is 2.00 bits per heavy atom. The van der Waals surface area contributed by atoms with E-state index in [9.17, 15) is 8.42 Å². The molecule has 0 spiro atoms. The molecule has 5 nitrogen and oxygen atoms in total. The number of nitrogens with zero attached hydrogens (tertiary/aromatic N) is 1. The molecule has 0 radical (unpaired) electrons. The third-order valence-electron chi connectivity index (χ3n) is 3.88. The lowest BCUT2D eigenvalue weighted by Crippen LogP contribution is -2.42. The first-order valence-electron chi connectivity index (χ1n) is 6.99. The molecule has 1 fully saturated rings. The quantitative estimate of drug-likeness (QED) is 0.847. The molecule has 0 saturated carbocycles. The number of nitrogens with one attached hydrogen (secondary N) is 1. The van der Waals surface area contributed by atoms with Crippen LogP contribution in [0, 0.1) is 0 Å². The summed E-state index contributed by atoms with van der Waals surface area (Å²) in [6.07, 6.45) is 3.84. The van der Waals surface area contributed by atoms with Gasteiger partial charge in [-0.05, 0) is 44.1 Å². The van der Waals surface area contributed by atoms with Crippen LogP contribution in [0.25, 0.3) is 0 Å². The highest BCUT2D eigenvalue weighted by Crippen LogP contribution is 2.14. The van der Waals surface area contributed by atoms with E-state index in [-0.39, 0.29) is 4.90 Å². The molecule has 1 atom stereocenters. The van der Waals surface area contributed by atoms with Crippen LogP contribution >= 0.6 is 0 Å². The number of sulfonamides is 1. The molecule has 1 aliphatic rings. The van der Waals surface area contributed by atoms with E-state index in [1.54, 1.807) is 24.3 Å². The molecule has 1 aromatic carbocycles. The molecule has 112 valence electrons. The minimum Gasteiger partial charge on any atom is -0.311 e. The number of rotatable bonds is 5. The minimum atomic E-state index is -3.59. The zero-order valence-corrected chi connectivity index (χ0v) is 12.7. The van der Waals surface area contributed by atoms with E-state index in [0.717, 1.165) is 18.7 Å². The van der Waals surface area contributed by atoms with Gasteiger partial charge in [-0.2, -0.15) is 0 Å². The van der Waals surface area contributed by atoms with Crippen molar-refractivity contribution in [3.8, 4) is 0 Å². The molecule has 2 rings (SSSR count). The Kier molecular flexibility index (Phi) is 5.15. The summed E-state index contributed by atoms with van der Waals surface area (Å²) >= 11 is 0. The van der Waals surface area contributed by atoms with E-state index in [4.69, 9.17) is 5.14 Å². The highest BCUT2D eigenvalue weighted by Gasteiger charge is 2.17. The summed E-state index contributed by atoms with van der Waals surface area (Å²) in [5, 5.41) is 8.51. The summed E-state index contributed by atoms with van der Waals surface area (Å²) in [6.45, 7) is 2.89. The van der Waals surface area contributed by atoms with Gasteiger partial charge in [0.15, 0.2) is 0 Å². The van der Waals surface area contributed by atoms with Crippen LogP contribution in [0.1, 0.15) is 24.8 Å². The molecule has 3 N–H and O–H groups in total. The molecule has 0 aromatic heterocycles. The summed E-state index contributed by atoms with van der Waals surface area (Å²) in [5.74, 6) is 0. The predicted octanol–water partition coefficient (Wildman–Crippen LogP) is 0.908. The van der Waals surface area contributed by atoms with Gasteiger partial charge in [-0.3, -0.25) is 0 Å². The van der Waals surface area contributed by atoms with E-state index >= 15 is 0 Å². The second kappa shape index (κ2) is 6.67. The molecule has 1 aromatic rings. The fourth-order valence-corrected chi connectivity index (χ4v) is 3.10. The van der Waals surface area contributed by atoms with Crippen molar-refractivity contribution in [2.75, 3.05) is 20.1 Å². The average molecular weight is 297 g/mol. The van der Waals surface area contributed by atoms with Crippen LogP contribution in [0.4, 0.5) is 0 Å². The van der Waals surface area contributed by atoms with E-state index in [0.29, 0.717) is 6.04 Å². The van der Waals surface area contributed by atoms with Gasteiger partial charge in [-0.15, -0.1) is 0 Å². The Bertz CT molecular complexity index is 528. The van der Waals surface area contributed by atoms with Gasteiger partial charge in [0.2, 0.25) is 10.0 Å². The zero-order valence-electron chi connectivity index (χ0n) is 11.9. The summed E-state index contributed by atoms with van der Waals surface area (Å²) in [7, 11) is -1.42. The second-order valence-corrected chi connectivity index (χ2v) is 7.01. The van der Waals surface area contributed by atoms with Crippen molar-refractivity contribution < 1.29 is 8.42 Å². The Balaban J connectivity index is 1.82. The van der Waals surface area contributed by atoms with Crippen LogP contribution in [-0.2, 0) is 16.6 Å². The molecular weight excluding hydrogens is 274 g/mol. The van der Waals surface area contributed by atoms with Gasteiger partial charge in [0.25, 0.3) is 0 Å². The molecular formula is C14H23N3O2S. The van der Waals surface area contributed by atoms with Crippen molar-refractivity contribution in [1.29, 1.82) is 0 Å². The van der Waals surface area contributed by atoms with Crippen molar-refractivity contribution >= 4 is 10.0 Å². The Labute approximate surface area is 121 Å². The van der Waals surface area contributed by atoms with Gasteiger partial charge in [0.05, 0.1) is 4.90 Å². The lowest BCUT2D eigenvalue weighted by atomic mass is 10.0. The minimum absolute atomic E-state index is 0.160. The van der Waals surface area contributed by atoms with Crippen molar-refractivity contribution in [3.63, 3.8) is 0 Å². The molecule has 1 aliphatic heterocycles. The molecule has 0 amide bonds. The lowest BCUT2D eigenvalue weighted by Gasteiger charge is -2.32. The summed E-state index contributed by atoms with van der Waals surface area (Å²) in [6, 6.07) is 7.32. The fourth-order valence-electron chi connectivity index (χ4n) is 2.58. The first-order chi connectivity index (χ1) is 9.47. The van der Waals surface area contributed by atoms with E-state index in [2.05, 4.69) is 17.3 Å². The topological polar surface area (TPSA) is 75.4 Å². The normalized spacial score (nSPS) is 21.0. The smallest absolute Gasteiger partial charge is 0.238 e. The highest BCUT2D eigenvalue weighted by atomic mass is 32.2. The van der Waals surface area contributed by atoms with Gasteiger partial charge in [0, 0.05) is 19.1 Å². The Morgan fingerprint density at radius 1 is 1.30 bits per heavy atom. The first-order valence-corrected chi connectivity index (χ1v) is 8.54. The second-order valence-electron chi connectivity index (χ2n) is 5.45. The van der Waals surface area contributed by atoms with Gasteiger partial charge >= 0.3 is 0 Å². The number of primary sulfonamides is 1. The largest absolute Gasteiger partial charge is 0.311 e. The van der Waals surface area contributed by atoms with Crippen molar-refractivity contribution in [1.82, 2.24) is 10.2 Å². The molecule has 1 heterocycles. The van der Waals surface area contributed by atoms with Gasteiger partial charge in [-0.1, -0.05) is 18.6 Å². The number of benzene rings is 1. The number of likely N-dealkylation sites (N-methyl/N-ethyl adjacent to an activating group) is 1. The van der Waals surface area contributed by atoms with Crippen molar-refractivity contribution in [3.05, 3.63) is 29.8 Å². The SMILES string of the molecule is CN1CCCCC1CNCc1ccc(S(N)(=O)=O)cc1. The maximum Gasteiger partial charge on any atom is 0.238 e. The van der Waals surface area contributed by atoms with Gasteiger partial charge in [-0.25, -0.2) is 13.6 Å². The van der Waals surface area contributed by atoms with Crippen LogP contribution in [0.5, 0.6) is 0 Å². The predicted molar refractivity (Wildman–Crippen MR) is 79.8 cm³/mol. The van der Waals surface area contributed by atoms with Crippen LogP contribution in [0.15, 0.2) is 29.2 Å². The number of nitrogens with two attached hydrogens (primary N) is 1. The van der Waals surface area contributed by atoms with E-state index in [1.807, 2.05) is 0 Å². The lowest BCUT2D eigenvalue weighted by molar-refractivity contribution is 0.181. The van der Waals surface area contributed by atoms with Crippen molar-refractivity contribution in [2.24, 2.45) is 5.14 Å². The molecule has 20 heavy (non-hydrogen) atoms. The van der Waals surface area contributed by atoms with E-state index in [1.165, 1.54) is 25.8 Å².